The quantitative estimate of drug-likeness (QED) is 0.370. The number of piperidine rings is 1. The van der Waals surface area contributed by atoms with Crippen molar-refractivity contribution in [1.29, 1.82) is 0 Å². The van der Waals surface area contributed by atoms with Gasteiger partial charge in [0.15, 0.2) is 5.69 Å². The molecule has 0 saturated carbocycles. The number of rotatable bonds is 11. The number of nitrogens with zero attached hydrogens (tertiary/aromatic N) is 6. The predicted molar refractivity (Wildman–Crippen MR) is 156 cm³/mol. The molecule has 0 unspecified atom stereocenters. The first-order valence-electron chi connectivity index (χ1n) is 15.2. The van der Waals surface area contributed by atoms with Crippen LogP contribution in [-0.2, 0) is 26.9 Å². The van der Waals surface area contributed by atoms with Crippen LogP contribution in [0.2, 0.25) is 0 Å². The molecule has 0 aliphatic carbocycles. The van der Waals surface area contributed by atoms with Crippen molar-refractivity contribution >= 4 is 17.9 Å². The maximum Gasteiger partial charge on any atom is 0.416 e. The fourth-order valence-electron chi connectivity index (χ4n) is 5.85. The number of halogens is 3. The van der Waals surface area contributed by atoms with Crippen molar-refractivity contribution in [2.45, 2.75) is 51.7 Å². The normalized spacial score (nSPS) is 19.2. The fourth-order valence-corrected chi connectivity index (χ4v) is 5.85. The molecule has 2 aromatic rings. The molecule has 45 heavy (non-hydrogen) atoms. The molecule has 1 aromatic heterocycles. The van der Waals surface area contributed by atoms with Gasteiger partial charge in [0.1, 0.15) is 0 Å². The van der Waals surface area contributed by atoms with Gasteiger partial charge in [0.2, 0.25) is 5.91 Å². The third-order valence-electron chi connectivity index (χ3n) is 8.03. The molecule has 2 aliphatic rings. The summed E-state index contributed by atoms with van der Waals surface area (Å²) in [6.45, 7) is 6.18. The van der Waals surface area contributed by atoms with Crippen LogP contribution >= 0.6 is 0 Å². The zero-order valence-corrected chi connectivity index (χ0v) is 25.8. The first kappa shape index (κ1) is 34.2. The monoisotopic (exact) mass is 638 g/mol. The van der Waals surface area contributed by atoms with Gasteiger partial charge in [-0.15, -0.1) is 5.10 Å². The van der Waals surface area contributed by atoms with Gasteiger partial charge in [-0.25, -0.2) is 9.48 Å². The fraction of sp³-hybridized carbons (Fsp3) is 0.633. The second-order valence-electron chi connectivity index (χ2n) is 11.9. The van der Waals surface area contributed by atoms with Crippen molar-refractivity contribution in [3.05, 3.63) is 41.2 Å². The van der Waals surface area contributed by atoms with E-state index in [4.69, 9.17) is 9.47 Å². The summed E-state index contributed by atoms with van der Waals surface area (Å²) < 4.78 is 52.4. The average molecular weight is 639 g/mol. The second kappa shape index (κ2) is 15.0. The number of morpholine rings is 1. The van der Waals surface area contributed by atoms with Gasteiger partial charge in [-0.1, -0.05) is 25.1 Å². The number of unbranched alkanes of at least 4 members (excludes halogenated alkanes) is 1. The largest absolute Gasteiger partial charge is 0.465 e. The molecule has 1 N–H and O–H groups in total. The topological polar surface area (TPSA) is 130 Å². The van der Waals surface area contributed by atoms with E-state index in [1.54, 1.807) is 16.9 Å². The highest BCUT2D eigenvalue weighted by Gasteiger charge is 2.41. The number of aromatic nitrogens is 3. The van der Waals surface area contributed by atoms with Crippen molar-refractivity contribution < 1.29 is 42.1 Å². The summed E-state index contributed by atoms with van der Waals surface area (Å²) in [5.41, 5.74) is -0.425. The molecular weight excluding hydrogens is 597 g/mol. The molecule has 4 rings (SSSR count). The Morgan fingerprint density at radius 2 is 1.87 bits per heavy atom. The van der Waals surface area contributed by atoms with Crippen LogP contribution in [-0.4, -0.2) is 118 Å². The molecular formula is C30H41F3N6O6. The number of alkyl halides is 3. The number of hydrogen-bond acceptors (Lipinski definition) is 7. The molecule has 2 saturated heterocycles. The van der Waals surface area contributed by atoms with Gasteiger partial charge in [-0.3, -0.25) is 9.59 Å². The highest BCUT2D eigenvalue weighted by atomic mass is 19.4. The molecule has 2 fully saturated rings. The molecule has 3 heterocycles. The van der Waals surface area contributed by atoms with E-state index in [-0.39, 0.29) is 55.7 Å². The van der Waals surface area contributed by atoms with E-state index in [0.29, 0.717) is 51.4 Å². The summed E-state index contributed by atoms with van der Waals surface area (Å²) in [6, 6.07) is 4.02. The lowest BCUT2D eigenvalue weighted by Crippen LogP contribution is -2.58. The number of likely N-dealkylation sites (tertiary alicyclic amines) is 1. The number of benzene rings is 1. The van der Waals surface area contributed by atoms with Crippen molar-refractivity contribution in [3.8, 4) is 5.69 Å². The van der Waals surface area contributed by atoms with Crippen LogP contribution in [0.5, 0.6) is 0 Å². The van der Waals surface area contributed by atoms with Crippen LogP contribution in [0.1, 0.15) is 54.9 Å². The highest BCUT2D eigenvalue weighted by Crippen LogP contribution is 2.31. The van der Waals surface area contributed by atoms with Crippen LogP contribution in [0.4, 0.5) is 18.0 Å². The third kappa shape index (κ3) is 8.51. The zero-order valence-electron chi connectivity index (χ0n) is 25.8. The van der Waals surface area contributed by atoms with Crippen LogP contribution in [0.25, 0.3) is 5.69 Å². The van der Waals surface area contributed by atoms with Crippen LogP contribution in [0.3, 0.4) is 0 Å². The molecule has 2 atom stereocenters. The van der Waals surface area contributed by atoms with Gasteiger partial charge in [0.05, 0.1) is 42.1 Å². The highest BCUT2D eigenvalue weighted by molar-refractivity contribution is 5.94. The van der Waals surface area contributed by atoms with Gasteiger partial charge in [-0.2, -0.15) is 13.2 Å². The van der Waals surface area contributed by atoms with Gasteiger partial charge >= 0.3 is 12.3 Å². The van der Waals surface area contributed by atoms with Gasteiger partial charge < -0.3 is 29.3 Å². The Bertz CT molecular complexity index is 1330. The lowest BCUT2D eigenvalue weighted by Gasteiger charge is -2.43. The van der Waals surface area contributed by atoms with Crippen LogP contribution in [0, 0.1) is 11.8 Å². The van der Waals surface area contributed by atoms with Gasteiger partial charge in [0, 0.05) is 46.4 Å². The molecule has 0 radical (unpaired) electrons. The number of carbonyl (C=O) groups excluding carboxylic acids is 2. The van der Waals surface area contributed by atoms with Gasteiger partial charge in [0.25, 0.3) is 5.91 Å². The molecule has 12 nitrogen and oxygen atoms in total. The van der Waals surface area contributed by atoms with Crippen molar-refractivity contribution in [2.75, 3.05) is 59.7 Å². The number of carbonyl (C=O) groups is 3. The number of hydrogen-bond donors (Lipinski definition) is 1. The molecule has 0 spiro atoms. The Kier molecular flexibility index (Phi) is 11.4. The minimum Gasteiger partial charge on any atom is -0.465 e. The lowest BCUT2D eigenvalue weighted by atomic mass is 9.91. The summed E-state index contributed by atoms with van der Waals surface area (Å²) >= 11 is 0. The summed E-state index contributed by atoms with van der Waals surface area (Å²) in [5.74, 6) is -1.38. The Morgan fingerprint density at radius 1 is 1.13 bits per heavy atom. The molecule has 3 amide bonds. The maximum absolute atomic E-state index is 14.3. The predicted octanol–water partition coefficient (Wildman–Crippen LogP) is 3.58. The van der Waals surface area contributed by atoms with Crippen LogP contribution in [0.15, 0.2) is 24.3 Å². The standard InChI is InChI=1S/C30H41F3N6O6/c1-20(2)17-38(24-15-21(18-37(19-24)29(42)43)27(40)36-10-13-45-14-11-36)28(41)26-25(9-4-5-12-44-3)39(35-34-26)23-8-6-7-22(16-23)30(31,32)33/h6-8,16,20-21,24H,4-5,9-15,17-19H2,1-3H3,(H,42,43)/t21-,24+/m1/s1. The number of carboxylic acid groups (broad SMARTS) is 1. The molecule has 248 valence electrons. The van der Waals surface area contributed by atoms with Crippen molar-refractivity contribution in [3.63, 3.8) is 0 Å². The van der Waals surface area contributed by atoms with Crippen molar-refractivity contribution in [1.82, 2.24) is 29.7 Å². The number of methoxy groups -OCH3 is 1. The Labute approximate surface area is 260 Å². The van der Waals surface area contributed by atoms with E-state index in [0.717, 1.165) is 12.1 Å². The first-order chi connectivity index (χ1) is 21.4. The summed E-state index contributed by atoms with van der Waals surface area (Å²) in [5, 5.41) is 18.2. The summed E-state index contributed by atoms with van der Waals surface area (Å²) in [7, 11) is 1.56. The van der Waals surface area contributed by atoms with Crippen molar-refractivity contribution in [2.24, 2.45) is 11.8 Å². The third-order valence-corrected chi connectivity index (χ3v) is 8.03. The van der Waals surface area contributed by atoms with E-state index < -0.39 is 35.7 Å². The summed E-state index contributed by atoms with van der Waals surface area (Å²) in [4.78, 5) is 44.4. The van der Waals surface area contributed by atoms with E-state index in [2.05, 4.69) is 10.3 Å². The van der Waals surface area contributed by atoms with E-state index in [9.17, 15) is 32.7 Å². The number of amides is 3. The lowest BCUT2D eigenvalue weighted by molar-refractivity contribution is -0.142. The Hall–Kier alpha value is -3.72. The smallest absolute Gasteiger partial charge is 0.416 e. The second-order valence-corrected chi connectivity index (χ2v) is 11.9. The minimum absolute atomic E-state index is 0.00558. The maximum atomic E-state index is 14.3. The Balaban J connectivity index is 1.70. The van der Waals surface area contributed by atoms with Crippen LogP contribution < -0.4 is 0 Å². The number of ether oxygens (including phenoxy) is 2. The minimum atomic E-state index is -4.58. The van der Waals surface area contributed by atoms with E-state index in [1.165, 1.54) is 21.7 Å². The Morgan fingerprint density at radius 3 is 2.51 bits per heavy atom. The SMILES string of the molecule is COCCCCc1c(C(=O)N(CC(C)C)[C@H]2C[C@@H](C(=O)N3CCOCC3)CN(C(=O)O)C2)nnn1-c1cccc(C(F)(F)F)c1. The molecule has 15 heteroatoms. The molecule has 2 aliphatic heterocycles. The summed E-state index contributed by atoms with van der Waals surface area (Å²) in [6.07, 6.45) is -4.04. The molecule has 0 bridgehead atoms. The average Bonchev–Trinajstić information content (AvgIpc) is 3.45. The van der Waals surface area contributed by atoms with E-state index in [1.807, 2.05) is 13.8 Å². The molecule has 1 aromatic carbocycles. The zero-order chi connectivity index (χ0) is 32.7. The van der Waals surface area contributed by atoms with E-state index >= 15 is 0 Å². The first-order valence-corrected chi connectivity index (χ1v) is 15.2. The van der Waals surface area contributed by atoms with Gasteiger partial charge in [-0.05, 0) is 49.8 Å².